The number of rotatable bonds is 5. The Morgan fingerprint density at radius 2 is 2.04 bits per heavy atom. The van der Waals surface area contributed by atoms with Crippen LogP contribution < -0.4 is 11.1 Å². The number of primary amides is 1. The largest absolute Gasteiger partial charge is 0.370 e. The highest BCUT2D eigenvalue weighted by Crippen LogP contribution is 2.19. The van der Waals surface area contributed by atoms with Crippen LogP contribution in [0.25, 0.3) is 10.8 Å². The van der Waals surface area contributed by atoms with E-state index in [-0.39, 0.29) is 29.9 Å². The van der Waals surface area contributed by atoms with Gasteiger partial charge in [-0.2, -0.15) is 0 Å². The van der Waals surface area contributed by atoms with Crippen LogP contribution in [-0.2, 0) is 11.2 Å². The Bertz CT molecular complexity index is 793. The van der Waals surface area contributed by atoms with Crippen LogP contribution in [0.3, 0.4) is 0 Å². The summed E-state index contributed by atoms with van der Waals surface area (Å²) in [5.74, 6) is 1.04. The van der Waals surface area contributed by atoms with Crippen molar-refractivity contribution in [1.29, 1.82) is 0 Å². The fourth-order valence-corrected chi connectivity index (χ4v) is 3.75. The summed E-state index contributed by atoms with van der Waals surface area (Å²) in [5.41, 5.74) is 6.67. The third-order valence-electron chi connectivity index (χ3n) is 5.03. The molecule has 3 rings (SSSR count). The number of piperidine rings is 1. The average molecular weight is 480 g/mol. The molecule has 6 heteroatoms. The van der Waals surface area contributed by atoms with E-state index in [9.17, 15) is 4.79 Å². The lowest BCUT2D eigenvalue weighted by Crippen LogP contribution is -2.47. The van der Waals surface area contributed by atoms with Crippen molar-refractivity contribution in [3.05, 3.63) is 48.0 Å². The molecule has 0 aromatic heterocycles. The van der Waals surface area contributed by atoms with Gasteiger partial charge in [0, 0.05) is 33.1 Å². The molecule has 5 nitrogen and oxygen atoms in total. The SMILES string of the molecule is CN=C(NCCc1ccc2ccccc2c1)N1CCCC(CC(N)=O)C1.I. The van der Waals surface area contributed by atoms with E-state index in [1.165, 1.54) is 16.3 Å². The Kier molecular flexibility index (Phi) is 8.34. The molecule has 1 heterocycles. The molecule has 1 unspecified atom stereocenters. The van der Waals surface area contributed by atoms with Crippen LogP contribution in [0.1, 0.15) is 24.8 Å². The molecule has 0 radical (unpaired) electrons. The number of fused-ring (bicyclic) bond motifs is 1. The Hall–Kier alpha value is -1.83. The lowest BCUT2D eigenvalue weighted by molar-refractivity contribution is -0.119. The summed E-state index contributed by atoms with van der Waals surface area (Å²) in [6, 6.07) is 15.1. The molecule has 1 fully saturated rings. The molecule has 2 aromatic rings. The fraction of sp³-hybridized carbons (Fsp3) is 0.429. The molecule has 1 atom stereocenters. The number of aliphatic imine (C=N–C) groups is 1. The third-order valence-corrected chi connectivity index (χ3v) is 5.03. The van der Waals surface area contributed by atoms with Crippen LogP contribution in [0.5, 0.6) is 0 Å². The number of benzene rings is 2. The molecule has 1 aliphatic heterocycles. The van der Waals surface area contributed by atoms with Crippen LogP contribution in [0, 0.1) is 5.92 Å². The van der Waals surface area contributed by atoms with E-state index in [0.29, 0.717) is 12.3 Å². The van der Waals surface area contributed by atoms with Gasteiger partial charge in [-0.3, -0.25) is 9.79 Å². The molecule has 0 saturated carbocycles. The fourth-order valence-electron chi connectivity index (χ4n) is 3.75. The molecule has 2 aromatic carbocycles. The van der Waals surface area contributed by atoms with Crippen LogP contribution in [0.4, 0.5) is 0 Å². The first-order chi connectivity index (χ1) is 12.7. The van der Waals surface area contributed by atoms with Crippen LogP contribution in [0.15, 0.2) is 47.5 Å². The van der Waals surface area contributed by atoms with E-state index < -0.39 is 0 Å². The van der Waals surface area contributed by atoms with Gasteiger partial charge in [-0.05, 0) is 41.5 Å². The zero-order valence-corrected chi connectivity index (χ0v) is 18.2. The number of nitrogens with zero attached hydrogens (tertiary/aromatic N) is 2. The van der Waals surface area contributed by atoms with Crippen LogP contribution in [0.2, 0.25) is 0 Å². The van der Waals surface area contributed by atoms with Gasteiger partial charge < -0.3 is 16.0 Å². The third kappa shape index (κ3) is 6.09. The smallest absolute Gasteiger partial charge is 0.217 e. The average Bonchev–Trinajstić information content (AvgIpc) is 2.65. The summed E-state index contributed by atoms with van der Waals surface area (Å²) in [6.45, 7) is 2.66. The van der Waals surface area contributed by atoms with Crippen molar-refractivity contribution < 1.29 is 4.79 Å². The van der Waals surface area contributed by atoms with Crippen LogP contribution in [-0.4, -0.2) is 43.4 Å². The number of halogens is 1. The minimum atomic E-state index is -0.212. The summed E-state index contributed by atoms with van der Waals surface area (Å²) >= 11 is 0. The number of hydrogen-bond acceptors (Lipinski definition) is 2. The van der Waals surface area contributed by atoms with Crippen molar-refractivity contribution in [2.45, 2.75) is 25.7 Å². The van der Waals surface area contributed by atoms with E-state index in [2.05, 4.69) is 57.7 Å². The minimum absolute atomic E-state index is 0. The number of guanidine groups is 1. The second-order valence-corrected chi connectivity index (χ2v) is 7.03. The quantitative estimate of drug-likeness (QED) is 0.393. The molecule has 3 N–H and O–H groups in total. The normalized spacial score (nSPS) is 17.4. The predicted molar refractivity (Wildman–Crippen MR) is 123 cm³/mol. The van der Waals surface area contributed by atoms with E-state index in [0.717, 1.165) is 44.9 Å². The molecule has 27 heavy (non-hydrogen) atoms. The molecule has 1 saturated heterocycles. The van der Waals surface area contributed by atoms with Crippen molar-refractivity contribution in [1.82, 2.24) is 10.2 Å². The van der Waals surface area contributed by atoms with Crippen molar-refractivity contribution in [3.63, 3.8) is 0 Å². The molecular weight excluding hydrogens is 451 g/mol. The second-order valence-electron chi connectivity index (χ2n) is 7.03. The number of carbonyl (C=O) groups is 1. The first-order valence-electron chi connectivity index (χ1n) is 9.37. The first kappa shape index (κ1) is 21.5. The summed E-state index contributed by atoms with van der Waals surface area (Å²) in [7, 11) is 1.82. The number of amides is 1. The Balaban J connectivity index is 0.00000261. The number of nitrogens with two attached hydrogens (primary N) is 1. The van der Waals surface area contributed by atoms with Gasteiger partial charge >= 0.3 is 0 Å². The van der Waals surface area contributed by atoms with Gasteiger partial charge in [-0.1, -0.05) is 42.5 Å². The standard InChI is InChI=1S/C21H28N4O.HI/c1-23-21(25-12-4-5-17(15-25)14-20(22)26)24-11-10-16-8-9-18-6-2-3-7-19(18)13-16;/h2-3,6-9,13,17H,4-5,10-12,14-15H2,1H3,(H2,22,26)(H,23,24);1H. The van der Waals surface area contributed by atoms with Crippen LogP contribution >= 0.6 is 24.0 Å². The van der Waals surface area contributed by atoms with Gasteiger partial charge in [-0.25, -0.2) is 0 Å². The van der Waals surface area contributed by atoms with E-state index in [4.69, 9.17) is 5.73 Å². The van der Waals surface area contributed by atoms with E-state index in [1.54, 1.807) is 0 Å². The molecule has 146 valence electrons. The lowest BCUT2D eigenvalue weighted by Gasteiger charge is -2.34. The highest BCUT2D eigenvalue weighted by Gasteiger charge is 2.23. The highest BCUT2D eigenvalue weighted by molar-refractivity contribution is 14.0. The van der Waals surface area contributed by atoms with Crippen molar-refractivity contribution >= 4 is 46.6 Å². The summed E-state index contributed by atoms with van der Waals surface area (Å²) in [4.78, 5) is 17.9. The van der Waals surface area contributed by atoms with Gasteiger partial charge in [0.2, 0.25) is 5.91 Å². The van der Waals surface area contributed by atoms with Crippen molar-refractivity contribution in [2.75, 3.05) is 26.7 Å². The molecule has 0 bridgehead atoms. The molecule has 1 aliphatic rings. The first-order valence-corrected chi connectivity index (χ1v) is 9.37. The lowest BCUT2D eigenvalue weighted by atomic mass is 9.95. The molecule has 0 aliphatic carbocycles. The van der Waals surface area contributed by atoms with Gasteiger partial charge in [0.25, 0.3) is 0 Å². The second kappa shape index (κ2) is 10.5. The molecular formula is C21H29IN4O. The molecule has 1 amide bonds. The zero-order valence-electron chi connectivity index (χ0n) is 15.9. The van der Waals surface area contributed by atoms with E-state index in [1.807, 2.05) is 7.05 Å². The van der Waals surface area contributed by atoms with E-state index >= 15 is 0 Å². The maximum Gasteiger partial charge on any atom is 0.217 e. The summed E-state index contributed by atoms with van der Waals surface area (Å²) < 4.78 is 0. The maximum absolute atomic E-state index is 11.2. The highest BCUT2D eigenvalue weighted by atomic mass is 127. The monoisotopic (exact) mass is 480 g/mol. The Morgan fingerprint density at radius 1 is 1.26 bits per heavy atom. The number of nitrogens with one attached hydrogen (secondary N) is 1. The van der Waals surface area contributed by atoms with Gasteiger partial charge in [-0.15, -0.1) is 24.0 Å². The molecule has 0 spiro atoms. The van der Waals surface area contributed by atoms with Crippen molar-refractivity contribution in [3.8, 4) is 0 Å². The van der Waals surface area contributed by atoms with Crippen molar-refractivity contribution in [2.24, 2.45) is 16.6 Å². The zero-order chi connectivity index (χ0) is 18.4. The van der Waals surface area contributed by atoms with Gasteiger partial charge in [0.1, 0.15) is 0 Å². The summed E-state index contributed by atoms with van der Waals surface area (Å²) in [6.07, 6.45) is 3.55. The number of carbonyl (C=O) groups excluding carboxylic acids is 1. The predicted octanol–water partition coefficient (Wildman–Crippen LogP) is 3.16. The number of likely N-dealkylation sites (tertiary alicyclic amines) is 1. The Morgan fingerprint density at radius 3 is 2.78 bits per heavy atom. The topological polar surface area (TPSA) is 70.7 Å². The summed E-state index contributed by atoms with van der Waals surface area (Å²) in [5, 5.41) is 6.02. The maximum atomic E-state index is 11.2. The number of hydrogen-bond donors (Lipinski definition) is 2. The van der Waals surface area contributed by atoms with Gasteiger partial charge in [0.05, 0.1) is 0 Å². The minimum Gasteiger partial charge on any atom is -0.370 e. The Labute approximate surface area is 178 Å². The van der Waals surface area contributed by atoms with Gasteiger partial charge in [0.15, 0.2) is 5.96 Å².